The van der Waals surface area contributed by atoms with E-state index in [1.54, 1.807) is 4.90 Å². The van der Waals surface area contributed by atoms with E-state index in [4.69, 9.17) is 0 Å². The second-order valence-corrected chi connectivity index (χ2v) is 7.50. The summed E-state index contributed by atoms with van der Waals surface area (Å²) in [6.45, 7) is 7.26. The Morgan fingerprint density at radius 1 is 1.08 bits per heavy atom. The Morgan fingerprint density at radius 2 is 1.72 bits per heavy atom. The van der Waals surface area contributed by atoms with Crippen molar-refractivity contribution in [3.8, 4) is 0 Å². The molecule has 1 aromatic rings. The van der Waals surface area contributed by atoms with Gasteiger partial charge in [-0.05, 0) is 75.9 Å². The summed E-state index contributed by atoms with van der Waals surface area (Å²) in [4.78, 5) is 29.4. The first kappa shape index (κ1) is 17.9. The molecule has 1 atom stereocenters. The number of carbonyl (C=O) groups is 2. The van der Waals surface area contributed by atoms with Crippen LogP contribution in [0.5, 0.6) is 0 Å². The first-order valence-corrected chi connectivity index (χ1v) is 9.32. The van der Waals surface area contributed by atoms with Crippen LogP contribution >= 0.6 is 0 Å². The molecule has 2 aliphatic rings. The highest BCUT2D eigenvalue weighted by atomic mass is 16.2. The number of nitrogens with zero attached hydrogens (tertiary/aromatic N) is 2. The molecule has 0 aliphatic carbocycles. The number of anilines is 1. The molecule has 25 heavy (non-hydrogen) atoms. The maximum absolute atomic E-state index is 12.8. The zero-order chi connectivity index (χ0) is 18.0. The molecule has 2 heterocycles. The number of nitrogens with one attached hydrogen (secondary N) is 1. The molecule has 0 bridgehead atoms. The molecule has 0 spiro atoms. The Labute approximate surface area is 150 Å². The van der Waals surface area contributed by atoms with Crippen LogP contribution in [0.4, 0.5) is 5.69 Å². The third-order valence-corrected chi connectivity index (χ3v) is 5.44. The predicted molar refractivity (Wildman–Crippen MR) is 99.6 cm³/mol. The maximum Gasteiger partial charge on any atom is 0.239 e. The van der Waals surface area contributed by atoms with Crippen molar-refractivity contribution < 1.29 is 9.59 Å². The zero-order valence-electron chi connectivity index (χ0n) is 15.5. The van der Waals surface area contributed by atoms with Gasteiger partial charge in [-0.2, -0.15) is 0 Å². The van der Waals surface area contributed by atoms with Crippen LogP contribution in [0.3, 0.4) is 0 Å². The first-order chi connectivity index (χ1) is 12.0. The van der Waals surface area contributed by atoms with Crippen molar-refractivity contribution in [1.82, 2.24) is 10.2 Å². The molecule has 5 nitrogen and oxygen atoms in total. The molecule has 5 heteroatoms. The highest BCUT2D eigenvalue weighted by molar-refractivity contribution is 6.09. The van der Waals surface area contributed by atoms with Crippen LogP contribution in [0, 0.1) is 25.7 Å². The van der Waals surface area contributed by atoms with E-state index in [1.165, 1.54) is 0 Å². The van der Waals surface area contributed by atoms with Crippen molar-refractivity contribution >= 4 is 17.5 Å². The highest BCUT2D eigenvalue weighted by Gasteiger charge is 2.40. The number of likely N-dealkylation sites (tertiary alicyclic amines) is 1. The Bertz CT molecular complexity index is 630. The molecule has 1 aromatic carbocycles. The van der Waals surface area contributed by atoms with Crippen LogP contribution < -0.4 is 10.2 Å². The molecule has 2 saturated heterocycles. The summed E-state index contributed by atoms with van der Waals surface area (Å²) >= 11 is 0. The van der Waals surface area contributed by atoms with E-state index in [9.17, 15) is 9.59 Å². The van der Waals surface area contributed by atoms with Gasteiger partial charge in [0.15, 0.2) is 0 Å². The van der Waals surface area contributed by atoms with Crippen molar-refractivity contribution in [2.75, 3.05) is 38.1 Å². The van der Waals surface area contributed by atoms with E-state index in [0.717, 1.165) is 49.3 Å². The number of carbonyl (C=O) groups excluding carboxylic acids is 2. The fraction of sp³-hybridized carbons (Fsp3) is 0.600. The Kier molecular flexibility index (Phi) is 5.42. The van der Waals surface area contributed by atoms with Crippen LogP contribution in [0.15, 0.2) is 18.2 Å². The number of aryl methyl sites for hydroxylation is 2. The molecule has 2 amide bonds. The normalized spacial score (nSPS) is 21.9. The Morgan fingerprint density at radius 3 is 2.32 bits per heavy atom. The molecule has 0 saturated carbocycles. The average molecular weight is 343 g/mol. The van der Waals surface area contributed by atoms with Gasteiger partial charge in [-0.15, -0.1) is 0 Å². The monoisotopic (exact) mass is 343 g/mol. The second-order valence-electron chi connectivity index (χ2n) is 7.50. The Hall–Kier alpha value is -1.88. The maximum atomic E-state index is 12.8. The molecule has 2 fully saturated rings. The first-order valence-electron chi connectivity index (χ1n) is 9.32. The van der Waals surface area contributed by atoms with Gasteiger partial charge in [0.25, 0.3) is 0 Å². The van der Waals surface area contributed by atoms with E-state index in [-0.39, 0.29) is 11.8 Å². The van der Waals surface area contributed by atoms with E-state index in [1.807, 2.05) is 37.9 Å². The lowest BCUT2D eigenvalue weighted by molar-refractivity contribution is -0.141. The summed E-state index contributed by atoms with van der Waals surface area (Å²) in [5, 5.41) is 3.21. The van der Waals surface area contributed by atoms with Crippen LogP contribution in [-0.2, 0) is 9.59 Å². The van der Waals surface area contributed by atoms with Crippen LogP contribution in [0.2, 0.25) is 0 Å². The minimum absolute atomic E-state index is 0.0276. The van der Waals surface area contributed by atoms with Crippen molar-refractivity contribution in [3.63, 3.8) is 0 Å². The Balaban J connectivity index is 1.64. The molecular formula is C20H29N3O2. The van der Waals surface area contributed by atoms with E-state index < -0.39 is 5.92 Å². The molecule has 0 radical (unpaired) electrons. The molecule has 136 valence electrons. The lowest BCUT2D eigenvalue weighted by atomic mass is 9.95. The van der Waals surface area contributed by atoms with Gasteiger partial charge >= 0.3 is 0 Å². The summed E-state index contributed by atoms with van der Waals surface area (Å²) in [6.07, 6.45) is 2.67. The molecule has 1 unspecified atom stereocenters. The number of hydrogen-bond donors (Lipinski definition) is 1. The predicted octanol–water partition coefficient (Wildman–Crippen LogP) is 2.11. The van der Waals surface area contributed by atoms with Gasteiger partial charge in [0, 0.05) is 25.3 Å². The van der Waals surface area contributed by atoms with Crippen molar-refractivity contribution in [3.05, 3.63) is 29.3 Å². The molecule has 2 aliphatic heterocycles. The lowest BCUT2D eigenvalue weighted by Gasteiger charge is -2.33. The summed E-state index contributed by atoms with van der Waals surface area (Å²) in [5.41, 5.74) is 3.21. The standard InChI is InChI=1S/C20H29N3O2/c1-14-10-15(2)12-17(11-14)23-9-6-18(20(23)25)19(24)22-7-4-16(5-8-22)13-21-3/h10-12,16,18,21H,4-9,13H2,1-3H3. The summed E-state index contributed by atoms with van der Waals surface area (Å²) in [5.74, 6) is 0.133. The summed E-state index contributed by atoms with van der Waals surface area (Å²) < 4.78 is 0. The lowest BCUT2D eigenvalue weighted by Crippen LogP contribution is -2.45. The van der Waals surface area contributed by atoms with Gasteiger partial charge in [0.2, 0.25) is 11.8 Å². The van der Waals surface area contributed by atoms with Gasteiger partial charge in [0.05, 0.1) is 0 Å². The third kappa shape index (κ3) is 3.87. The summed E-state index contributed by atoms with van der Waals surface area (Å²) in [6, 6.07) is 6.16. The topological polar surface area (TPSA) is 52.7 Å². The van der Waals surface area contributed by atoms with Gasteiger partial charge in [0.1, 0.15) is 5.92 Å². The largest absolute Gasteiger partial charge is 0.342 e. The van der Waals surface area contributed by atoms with Crippen molar-refractivity contribution in [2.24, 2.45) is 11.8 Å². The molecular weight excluding hydrogens is 314 g/mol. The quantitative estimate of drug-likeness (QED) is 0.852. The van der Waals surface area contributed by atoms with Crippen molar-refractivity contribution in [2.45, 2.75) is 33.1 Å². The van der Waals surface area contributed by atoms with Crippen LogP contribution in [0.25, 0.3) is 0 Å². The van der Waals surface area contributed by atoms with Gasteiger partial charge in [-0.3, -0.25) is 9.59 Å². The van der Waals surface area contributed by atoms with Crippen molar-refractivity contribution in [1.29, 1.82) is 0 Å². The molecule has 0 aromatic heterocycles. The van der Waals surface area contributed by atoms with E-state index >= 15 is 0 Å². The number of piperidine rings is 1. The number of rotatable bonds is 4. The zero-order valence-corrected chi connectivity index (χ0v) is 15.5. The van der Waals surface area contributed by atoms with Crippen LogP contribution in [-0.4, -0.2) is 49.9 Å². The minimum atomic E-state index is -0.498. The number of hydrogen-bond acceptors (Lipinski definition) is 3. The highest BCUT2D eigenvalue weighted by Crippen LogP contribution is 2.29. The second kappa shape index (κ2) is 7.56. The minimum Gasteiger partial charge on any atom is -0.342 e. The average Bonchev–Trinajstić information content (AvgIpc) is 2.96. The number of amides is 2. The summed E-state index contributed by atoms with van der Waals surface area (Å²) in [7, 11) is 1.97. The third-order valence-electron chi connectivity index (χ3n) is 5.44. The van der Waals surface area contributed by atoms with Crippen LogP contribution in [0.1, 0.15) is 30.4 Å². The molecule has 1 N–H and O–H groups in total. The fourth-order valence-electron chi connectivity index (χ4n) is 4.14. The van der Waals surface area contributed by atoms with E-state index in [2.05, 4.69) is 11.4 Å². The smallest absolute Gasteiger partial charge is 0.239 e. The van der Waals surface area contributed by atoms with Gasteiger partial charge in [-0.1, -0.05) is 6.07 Å². The SMILES string of the molecule is CNCC1CCN(C(=O)C2CCN(c3cc(C)cc(C)c3)C2=O)CC1. The fourth-order valence-corrected chi connectivity index (χ4v) is 4.14. The van der Waals surface area contributed by atoms with E-state index in [0.29, 0.717) is 18.9 Å². The van der Waals surface area contributed by atoms with Gasteiger partial charge < -0.3 is 15.1 Å². The van der Waals surface area contributed by atoms with Gasteiger partial charge in [-0.25, -0.2) is 0 Å². The number of benzene rings is 1. The molecule has 3 rings (SSSR count).